The van der Waals surface area contributed by atoms with Gasteiger partial charge in [0.2, 0.25) is 8.32 Å². The van der Waals surface area contributed by atoms with Crippen LogP contribution in [0.4, 0.5) is 0 Å². The van der Waals surface area contributed by atoms with Gasteiger partial charge in [0, 0.05) is 10.5 Å². The van der Waals surface area contributed by atoms with Crippen molar-refractivity contribution in [3.8, 4) is 6.07 Å². The molecule has 0 bridgehead atoms. The first-order valence-corrected chi connectivity index (χ1v) is 9.29. The maximum atomic E-state index is 9.35. The second-order valence-corrected chi connectivity index (χ2v) is 9.88. The molecule has 0 aliphatic rings. The fourth-order valence-corrected chi connectivity index (χ4v) is 3.19. The highest BCUT2D eigenvalue weighted by Crippen LogP contribution is 2.30. The Hall–Kier alpha value is -0.533. The van der Waals surface area contributed by atoms with Gasteiger partial charge in [-0.2, -0.15) is 5.26 Å². The first kappa shape index (κ1) is 14.5. The van der Waals surface area contributed by atoms with Gasteiger partial charge in [-0.1, -0.05) is 23.7 Å². The van der Waals surface area contributed by atoms with Gasteiger partial charge >= 0.3 is 0 Å². The lowest BCUT2D eigenvalue weighted by Gasteiger charge is -2.32. The molecule has 0 saturated carbocycles. The molecule has 0 spiro atoms. The van der Waals surface area contributed by atoms with E-state index in [1.165, 1.54) is 0 Å². The lowest BCUT2D eigenvalue weighted by atomic mass is 9.98. The Kier molecular flexibility index (Phi) is 4.62. The molecule has 0 saturated heterocycles. The van der Waals surface area contributed by atoms with Crippen molar-refractivity contribution in [3.05, 3.63) is 34.9 Å². The smallest absolute Gasteiger partial charge is 0.203 e. The van der Waals surface area contributed by atoms with Crippen molar-refractivity contribution >= 4 is 31.5 Å². The molecule has 17 heavy (non-hydrogen) atoms. The molecule has 0 fully saturated rings. The fourth-order valence-electron chi connectivity index (χ4n) is 1.51. The number of benzene rings is 1. The van der Waals surface area contributed by atoms with Crippen LogP contribution in [0.1, 0.15) is 12.5 Å². The van der Waals surface area contributed by atoms with Crippen LogP contribution in [0.15, 0.2) is 24.3 Å². The minimum atomic E-state index is -2.03. The van der Waals surface area contributed by atoms with Crippen LogP contribution in [-0.2, 0) is 10.0 Å². The highest BCUT2D eigenvalue weighted by Gasteiger charge is 2.35. The van der Waals surface area contributed by atoms with Gasteiger partial charge in [-0.25, -0.2) is 0 Å². The summed E-state index contributed by atoms with van der Waals surface area (Å²) in [5.74, 6) is 0. The van der Waals surface area contributed by atoms with Gasteiger partial charge in [-0.3, -0.25) is 0 Å². The first-order valence-electron chi connectivity index (χ1n) is 5.26. The van der Waals surface area contributed by atoms with Crippen molar-refractivity contribution < 1.29 is 4.43 Å². The highest BCUT2D eigenvalue weighted by atomic mass is 35.5. The molecule has 0 N–H and O–H groups in total. The Bertz CT molecular complexity index is 444. The summed E-state index contributed by atoms with van der Waals surface area (Å²) in [5.41, 5.74) is 0.221. The Balaban J connectivity index is 3.09. The van der Waals surface area contributed by atoms with Crippen LogP contribution in [0, 0.1) is 11.3 Å². The molecule has 1 unspecified atom stereocenters. The average molecular weight is 288 g/mol. The minimum absolute atomic E-state index is 0.449. The normalized spacial score (nSPS) is 15.1. The van der Waals surface area contributed by atoms with Crippen molar-refractivity contribution in [1.82, 2.24) is 0 Å². The van der Waals surface area contributed by atoms with Gasteiger partial charge < -0.3 is 4.43 Å². The number of alkyl halides is 1. The maximum absolute atomic E-state index is 9.35. The number of halogens is 2. The van der Waals surface area contributed by atoms with Crippen LogP contribution in [0.2, 0.25) is 18.1 Å². The predicted molar refractivity (Wildman–Crippen MR) is 73.7 cm³/mol. The molecule has 0 aliphatic heterocycles. The van der Waals surface area contributed by atoms with E-state index >= 15 is 0 Å². The zero-order valence-corrected chi connectivity index (χ0v) is 12.6. The molecule has 1 aromatic rings. The van der Waals surface area contributed by atoms with Crippen molar-refractivity contribution in [3.63, 3.8) is 0 Å². The highest BCUT2D eigenvalue weighted by molar-refractivity contribution is 6.77. The summed E-state index contributed by atoms with van der Waals surface area (Å²) in [6, 6.07) is 9.38. The summed E-state index contributed by atoms with van der Waals surface area (Å²) >= 11 is 11.8. The summed E-state index contributed by atoms with van der Waals surface area (Å²) in [6.45, 7) is 5.72. The monoisotopic (exact) mass is 287 g/mol. The molecular formula is C12H15Cl2NOSi. The molecule has 0 heterocycles. The van der Waals surface area contributed by atoms with E-state index in [0.29, 0.717) is 10.5 Å². The van der Waals surface area contributed by atoms with E-state index in [-0.39, 0.29) is 0 Å². The molecule has 1 aromatic carbocycles. The van der Waals surface area contributed by atoms with Crippen molar-refractivity contribution in [1.29, 1.82) is 5.26 Å². The number of hydrogen-bond acceptors (Lipinski definition) is 2. The van der Waals surface area contributed by atoms with E-state index in [1.54, 1.807) is 19.1 Å². The Labute approximate surface area is 113 Å². The molecule has 2 nitrogen and oxygen atoms in total. The standard InChI is InChI=1S/C12H15Cl2NOSi/c1-12(8-15,16-17(2,3)9-13)10-5-4-6-11(14)7-10/h4-7H,9H2,1-3H3. The van der Waals surface area contributed by atoms with Gasteiger partial charge in [0.25, 0.3) is 0 Å². The quantitative estimate of drug-likeness (QED) is 0.618. The van der Waals surface area contributed by atoms with Crippen LogP contribution >= 0.6 is 23.2 Å². The van der Waals surface area contributed by atoms with Crippen LogP contribution in [0.25, 0.3) is 0 Å². The third kappa shape index (κ3) is 3.72. The van der Waals surface area contributed by atoms with Gasteiger partial charge in [-0.15, -0.1) is 11.6 Å². The molecule has 0 amide bonds. The molecule has 0 radical (unpaired) electrons. The van der Waals surface area contributed by atoms with Crippen molar-refractivity contribution in [2.45, 2.75) is 25.6 Å². The van der Waals surface area contributed by atoms with E-state index in [2.05, 4.69) is 6.07 Å². The van der Waals surface area contributed by atoms with E-state index in [1.807, 2.05) is 25.2 Å². The third-order valence-electron chi connectivity index (χ3n) is 2.39. The molecule has 92 valence electrons. The number of nitriles is 1. The van der Waals surface area contributed by atoms with E-state index in [0.717, 1.165) is 5.56 Å². The van der Waals surface area contributed by atoms with Crippen molar-refractivity contribution in [2.75, 3.05) is 5.50 Å². The topological polar surface area (TPSA) is 33.0 Å². The van der Waals surface area contributed by atoms with Gasteiger partial charge in [0.15, 0.2) is 5.60 Å². The van der Waals surface area contributed by atoms with Crippen LogP contribution in [0.5, 0.6) is 0 Å². The second kappa shape index (κ2) is 5.41. The number of nitrogens with zero attached hydrogens (tertiary/aromatic N) is 1. The molecule has 1 atom stereocenters. The summed E-state index contributed by atoms with van der Waals surface area (Å²) in [5, 5.41) is 9.94. The van der Waals surface area contributed by atoms with Gasteiger partial charge in [0.1, 0.15) is 6.07 Å². The minimum Gasteiger partial charge on any atom is -0.395 e. The largest absolute Gasteiger partial charge is 0.395 e. The molecule has 5 heteroatoms. The Morgan fingerprint density at radius 2 is 2.12 bits per heavy atom. The second-order valence-electron chi connectivity index (χ2n) is 4.65. The SMILES string of the molecule is CC(C#N)(O[Si](C)(C)CCl)c1cccc(Cl)c1. The van der Waals surface area contributed by atoms with Crippen LogP contribution in [0.3, 0.4) is 0 Å². The predicted octanol–water partition coefficient (Wildman–Crippen LogP) is 4.08. The molecular weight excluding hydrogens is 273 g/mol. The zero-order chi connectivity index (χ0) is 13.1. The molecule has 1 rings (SSSR count). The third-order valence-corrected chi connectivity index (χ3v) is 6.16. The zero-order valence-electron chi connectivity index (χ0n) is 10.1. The van der Waals surface area contributed by atoms with Gasteiger partial charge in [-0.05, 0) is 37.7 Å². The lowest BCUT2D eigenvalue weighted by molar-refractivity contribution is 0.140. The van der Waals surface area contributed by atoms with Gasteiger partial charge in [0.05, 0.1) is 0 Å². The first-order chi connectivity index (χ1) is 7.83. The summed E-state index contributed by atoms with van der Waals surface area (Å²) in [7, 11) is -2.03. The van der Waals surface area contributed by atoms with E-state index < -0.39 is 13.9 Å². The fraction of sp³-hybridized carbons (Fsp3) is 0.417. The van der Waals surface area contributed by atoms with Crippen LogP contribution < -0.4 is 0 Å². The number of hydrogen-bond donors (Lipinski definition) is 0. The van der Waals surface area contributed by atoms with E-state index in [9.17, 15) is 5.26 Å². The summed E-state index contributed by atoms with van der Waals surface area (Å²) in [4.78, 5) is 0. The molecule has 0 aliphatic carbocycles. The summed E-state index contributed by atoms with van der Waals surface area (Å²) in [6.07, 6.45) is 0. The van der Waals surface area contributed by atoms with E-state index in [4.69, 9.17) is 27.6 Å². The lowest BCUT2D eigenvalue weighted by Crippen LogP contribution is -2.42. The van der Waals surface area contributed by atoms with Crippen molar-refractivity contribution in [2.24, 2.45) is 0 Å². The van der Waals surface area contributed by atoms with Crippen LogP contribution in [-0.4, -0.2) is 13.8 Å². The Morgan fingerprint density at radius 1 is 1.47 bits per heavy atom. The average Bonchev–Trinajstić information content (AvgIpc) is 2.28. The summed E-state index contributed by atoms with van der Waals surface area (Å²) < 4.78 is 5.95. The Morgan fingerprint density at radius 3 is 2.59 bits per heavy atom. The molecule has 0 aromatic heterocycles. The number of rotatable bonds is 4. The maximum Gasteiger partial charge on any atom is 0.203 e.